The van der Waals surface area contributed by atoms with Gasteiger partial charge in [-0.3, -0.25) is 4.79 Å². The lowest BCUT2D eigenvalue weighted by Gasteiger charge is -2.12. The monoisotopic (exact) mass is 321 g/mol. The first kappa shape index (κ1) is 14.7. The summed E-state index contributed by atoms with van der Waals surface area (Å²) in [7, 11) is 0. The highest BCUT2D eigenvalue weighted by Gasteiger charge is 2.32. The van der Waals surface area contributed by atoms with E-state index in [1.54, 1.807) is 0 Å². The lowest BCUT2D eigenvalue weighted by Crippen LogP contribution is -2.13. The quantitative estimate of drug-likeness (QED) is 0.916. The minimum absolute atomic E-state index is 0.0240. The lowest BCUT2D eigenvalue weighted by molar-refractivity contribution is -0.138. The third-order valence-corrected chi connectivity index (χ3v) is 3.41. The highest BCUT2D eigenvalue weighted by atomic mass is 35.5. The summed E-state index contributed by atoms with van der Waals surface area (Å²) in [5.41, 5.74) is -0.695. The van der Waals surface area contributed by atoms with Gasteiger partial charge in [0.25, 0.3) is 5.91 Å². The maximum Gasteiger partial charge on any atom is 0.416 e. The molecule has 0 atom stereocenters. The summed E-state index contributed by atoms with van der Waals surface area (Å²) in [6.45, 7) is 1.35. The second-order valence-corrected chi connectivity index (χ2v) is 5.40. The Bertz CT molecular complexity index is 657. The summed E-state index contributed by atoms with van der Waals surface area (Å²) in [5, 5.41) is 9.24. The molecule has 1 heterocycles. The fraction of sp³-hybridized carbons (Fsp3) is 0.182. The van der Waals surface area contributed by atoms with E-state index in [-0.39, 0.29) is 20.7 Å². The zero-order valence-corrected chi connectivity index (χ0v) is 11.5. The Balaban J connectivity index is 2.24. The second kappa shape index (κ2) is 5.37. The molecule has 1 amide bonds. The normalized spacial score (nSPS) is 11.4. The van der Waals surface area contributed by atoms with E-state index in [9.17, 15) is 18.0 Å². The molecule has 0 saturated carbocycles. The van der Waals surface area contributed by atoms with E-state index < -0.39 is 17.6 Å². The van der Waals surface area contributed by atoms with Crippen molar-refractivity contribution in [1.29, 1.82) is 0 Å². The van der Waals surface area contributed by atoms with Crippen LogP contribution in [0.5, 0.6) is 0 Å². The van der Waals surface area contributed by atoms with Crippen LogP contribution in [-0.4, -0.2) is 16.1 Å². The van der Waals surface area contributed by atoms with E-state index in [4.69, 9.17) is 11.6 Å². The lowest BCUT2D eigenvalue weighted by atomic mass is 10.1. The summed E-state index contributed by atoms with van der Waals surface area (Å²) < 4.78 is 38.3. The minimum atomic E-state index is -4.48. The smallest absolute Gasteiger partial charge is 0.320 e. The van der Waals surface area contributed by atoms with Gasteiger partial charge in [-0.15, -0.1) is 10.2 Å². The number of amides is 1. The van der Waals surface area contributed by atoms with Gasteiger partial charge in [-0.05, 0) is 36.2 Å². The minimum Gasteiger partial charge on any atom is -0.320 e. The number of carbonyl (C=O) groups is 1. The number of nitrogens with one attached hydrogen (secondary N) is 1. The predicted octanol–water partition coefficient (Wildman–Crippen LogP) is 3.77. The van der Waals surface area contributed by atoms with Crippen molar-refractivity contribution in [3.05, 3.63) is 38.8 Å². The highest BCUT2D eigenvalue weighted by Crippen LogP contribution is 2.33. The average molecular weight is 322 g/mol. The van der Waals surface area contributed by atoms with Gasteiger partial charge in [0, 0.05) is 5.69 Å². The van der Waals surface area contributed by atoms with Crippen LogP contribution >= 0.6 is 22.9 Å². The Morgan fingerprint density at radius 3 is 2.60 bits per heavy atom. The van der Waals surface area contributed by atoms with Crippen molar-refractivity contribution in [3.8, 4) is 0 Å². The van der Waals surface area contributed by atoms with Gasteiger partial charge in [0.2, 0.25) is 9.47 Å². The molecule has 0 saturated heterocycles. The Morgan fingerprint density at radius 2 is 2.05 bits per heavy atom. The van der Waals surface area contributed by atoms with Gasteiger partial charge in [0.05, 0.1) is 5.56 Å². The van der Waals surface area contributed by atoms with Gasteiger partial charge in [-0.2, -0.15) is 13.2 Å². The number of hydrogen-bond acceptors (Lipinski definition) is 4. The summed E-state index contributed by atoms with van der Waals surface area (Å²) in [6, 6.07) is 3.53. The largest absolute Gasteiger partial charge is 0.416 e. The first-order chi connectivity index (χ1) is 9.27. The third-order valence-electron chi connectivity index (χ3n) is 2.40. The molecule has 0 aliphatic rings. The van der Waals surface area contributed by atoms with E-state index in [0.29, 0.717) is 0 Å². The SMILES string of the molecule is Cc1ccc(NC(=O)c2nnc(Cl)s2)cc1C(F)(F)F. The van der Waals surface area contributed by atoms with Crippen LogP contribution in [0.2, 0.25) is 4.47 Å². The van der Waals surface area contributed by atoms with Crippen LogP contribution in [0.3, 0.4) is 0 Å². The Hall–Kier alpha value is -1.67. The molecule has 1 aromatic heterocycles. The van der Waals surface area contributed by atoms with Crippen molar-refractivity contribution < 1.29 is 18.0 Å². The van der Waals surface area contributed by atoms with Crippen LogP contribution in [0.4, 0.5) is 18.9 Å². The number of rotatable bonds is 2. The fourth-order valence-electron chi connectivity index (χ4n) is 1.49. The molecule has 1 aromatic carbocycles. The molecule has 0 radical (unpaired) electrons. The van der Waals surface area contributed by atoms with E-state index in [0.717, 1.165) is 17.4 Å². The molecule has 0 aliphatic carbocycles. The number of aromatic nitrogens is 2. The Morgan fingerprint density at radius 1 is 1.35 bits per heavy atom. The number of benzene rings is 1. The summed E-state index contributed by atoms with van der Waals surface area (Å²) in [6.07, 6.45) is -4.48. The Labute approximate surface area is 120 Å². The van der Waals surface area contributed by atoms with Crippen LogP contribution in [0.25, 0.3) is 0 Å². The molecule has 2 aromatic rings. The van der Waals surface area contributed by atoms with Crippen LogP contribution in [0, 0.1) is 6.92 Å². The van der Waals surface area contributed by atoms with E-state index in [2.05, 4.69) is 15.5 Å². The molecule has 106 valence electrons. The fourth-order valence-corrected chi connectivity index (χ4v) is 2.21. The first-order valence-corrected chi connectivity index (χ1v) is 6.45. The second-order valence-electron chi connectivity index (χ2n) is 3.84. The molecule has 0 unspecified atom stereocenters. The van der Waals surface area contributed by atoms with Crippen molar-refractivity contribution in [2.75, 3.05) is 5.32 Å². The van der Waals surface area contributed by atoms with Crippen LogP contribution in [0.15, 0.2) is 18.2 Å². The van der Waals surface area contributed by atoms with Crippen molar-refractivity contribution in [2.45, 2.75) is 13.1 Å². The zero-order valence-electron chi connectivity index (χ0n) is 9.95. The van der Waals surface area contributed by atoms with Crippen LogP contribution in [-0.2, 0) is 6.18 Å². The van der Waals surface area contributed by atoms with E-state index in [1.807, 2.05) is 0 Å². The molecule has 0 fully saturated rings. The standard InChI is InChI=1S/C11H7ClF3N3OS/c1-5-2-3-6(4-7(5)11(13,14)15)16-8(19)9-17-18-10(12)20-9/h2-4H,1H3,(H,16,19). The number of carbonyl (C=O) groups excluding carboxylic acids is 1. The van der Waals surface area contributed by atoms with E-state index in [1.165, 1.54) is 19.1 Å². The molecule has 0 spiro atoms. The molecular formula is C11H7ClF3N3OS. The topological polar surface area (TPSA) is 54.9 Å². The Kier molecular flexibility index (Phi) is 3.96. The predicted molar refractivity (Wildman–Crippen MR) is 69.1 cm³/mol. The number of hydrogen-bond donors (Lipinski definition) is 1. The maximum absolute atomic E-state index is 12.7. The summed E-state index contributed by atoms with van der Waals surface area (Å²) >= 11 is 6.37. The number of anilines is 1. The summed E-state index contributed by atoms with van der Waals surface area (Å²) in [5.74, 6) is -0.661. The van der Waals surface area contributed by atoms with Gasteiger partial charge in [0.15, 0.2) is 0 Å². The maximum atomic E-state index is 12.7. The van der Waals surface area contributed by atoms with Gasteiger partial charge in [-0.1, -0.05) is 17.4 Å². The average Bonchev–Trinajstić information content (AvgIpc) is 2.77. The molecule has 0 bridgehead atoms. The van der Waals surface area contributed by atoms with Crippen molar-refractivity contribution in [1.82, 2.24) is 10.2 Å². The molecule has 9 heteroatoms. The number of halogens is 4. The third kappa shape index (κ3) is 3.26. The van der Waals surface area contributed by atoms with Crippen LogP contribution in [0.1, 0.15) is 20.9 Å². The molecule has 0 aliphatic heterocycles. The molecule has 4 nitrogen and oxygen atoms in total. The number of nitrogens with zero attached hydrogens (tertiary/aromatic N) is 2. The van der Waals surface area contributed by atoms with Gasteiger partial charge < -0.3 is 5.32 Å². The van der Waals surface area contributed by atoms with Crippen LogP contribution < -0.4 is 5.32 Å². The number of alkyl halides is 3. The van der Waals surface area contributed by atoms with Gasteiger partial charge in [-0.25, -0.2) is 0 Å². The van der Waals surface area contributed by atoms with Gasteiger partial charge >= 0.3 is 6.18 Å². The highest BCUT2D eigenvalue weighted by molar-refractivity contribution is 7.17. The first-order valence-electron chi connectivity index (χ1n) is 5.25. The molecule has 2 rings (SSSR count). The zero-order chi connectivity index (χ0) is 14.9. The molecule has 20 heavy (non-hydrogen) atoms. The molecule has 1 N–H and O–H groups in total. The van der Waals surface area contributed by atoms with Crippen molar-refractivity contribution in [3.63, 3.8) is 0 Å². The number of aryl methyl sites for hydroxylation is 1. The van der Waals surface area contributed by atoms with Crippen molar-refractivity contribution in [2.24, 2.45) is 0 Å². The summed E-state index contributed by atoms with van der Waals surface area (Å²) in [4.78, 5) is 11.7. The van der Waals surface area contributed by atoms with E-state index >= 15 is 0 Å². The van der Waals surface area contributed by atoms with Crippen molar-refractivity contribution >= 4 is 34.5 Å². The molecular weight excluding hydrogens is 315 g/mol. The van der Waals surface area contributed by atoms with Gasteiger partial charge in [0.1, 0.15) is 0 Å².